The minimum Gasteiger partial charge on any atom is -0.283 e. The minimum atomic E-state index is -0.370. The van der Waals surface area contributed by atoms with Gasteiger partial charge in [0, 0.05) is 31.2 Å². The van der Waals surface area contributed by atoms with Crippen LogP contribution in [0.2, 0.25) is 0 Å². The van der Waals surface area contributed by atoms with Gasteiger partial charge in [-0.1, -0.05) is 24.3 Å². The first-order valence-electron chi connectivity index (χ1n) is 8.82. The molecule has 0 fully saturated rings. The molecule has 0 saturated carbocycles. The van der Waals surface area contributed by atoms with E-state index in [-0.39, 0.29) is 17.8 Å². The quantitative estimate of drug-likeness (QED) is 0.525. The molecule has 0 unspecified atom stereocenters. The number of fused-ring (bicyclic) bond motifs is 3. The Balaban J connectivity index is 2.12. The van der Waals surface area contributed by atoms with Crippen LogP contribution < -0.4 is 11.2 Å². The highest BCUT2D eigenvalue weighted by molar-refractivity contribution is 5.76. The molecule has 0 aliphatic heterocycles. The van der Waals surface area contributed by atoms with Crippen LogP contribution in [-0.2, 0) is 13.6 Å². The molecule has 0 spiro atoms. The van der Waals surface area contributed by atoms with Gasteiger partial charge >= 0.3 is 5.69 Å². The number of allylic oxidation sites excluding steroid dienone is 2. The van der Waals surface area contributed by atoms with Crippen molar-refractivity contribution >= 4 is 16.9 Å². The van der Waals surface area contributed by atoms with Crippen LogP contribution in [0, 0.1) is 13.8 Å². The molecule has 0 radical (unpaired) electrons. The van der Waals surface area contributed by atoms with Gasteiger partial charge in [0.05, 0.1) is 0 Å². The SMILES string of the molecule is C/C=C/Cn1c(=O)c2c(nc3n(-c4cccc(C)c4)c(C)cn23)n(C)c1=O. The first-order chi connectivity index (χ1) is 12.9. The number of imidazole rings is 2. The van der Waals surface area contributed by atoms with Crippen LogP contribution in [0.3, 0.4) is 0 Å². The molecule has 4 aromatic rings. The second-order valence-electron chi connectivity index (χ2n) is 6.73. The highest BCUT2D eigenvalue weighted by Crippen LogP contribution is 2.21. The molecule has 1 aromatic carbocycles. The number of aromatic nitrogens is 5. The van der Waals surface area contributed by atoms with Crippen LogP contribution >= 0.6 is 0 Å². The Bertz CT molecular complexity index is 1330. The predicted molar refractivity (Wildman–Crippen MR) is 106 cm³/mol. The van der Waals surface area contributed by atoms with E-state index in [0.29, 0.717) is 16.9 Å². The van der Waals surface area contributed by atoms with Gasteiger partial charge in [0.15, 0.2) is 11.2 Å². The monoisotopic (exact) mass is 363 g/mol. The van der Waals surface area contributed by atoms with E-state index in [0.717, 1.165) is 16.9 Å². The molecule has 3 aromatic heterocycles. The summed E-state index contributed by atoms with van der Waals surface area (Å²) in [7, 11) is 1.65. The zero-order valence-corrected chi connectivity index (χ0v) is 15.8. The van der Waals surface area contributed by atoms with Crippen molar-refractivity contribution in [1.82, 2.24) is 23.1 Å². The normalized spacial score (nSPS) is 12.0. The number of benzene rings is 1. The van der Waals surface area contributed by atoms with Crippen molar-refractivity contribution in [2.75, 3.05) is 0 Å². The molecule has 0 atom stereocenters. The highest BCUT2D eigenvalue weighted by atomic mass is 16.2. The van der Waals surface area contributed by atoms with E-state index in [1.807, 2.05) is 55.8 Å². The van der Waals surface area contributed by atoms with Crippen molar-refractivity contribution < 1.29 is 0 Å². The van der Waals surface area contributed by atoms with E-state index in [9.17, 15) is 9.59 Å². The Morgan fingerprint density at radius 3 is 2.67 bits per heavy atom. The van der Waals surface area contributed by atoms with Gasteiger partial charge in [-0.2, -0.15) is 4.98 Å². The maximum atomic E-state index is 13.0. The molecular formula is C20H21N5O2. The minimum absolute atomic E-state index is 0.239. The fraction of sp³-hybridized carbons (Fsp3) is 0.250. The van der Waals surface area contributed by atoms with E-state index < -0.39 is 0 Å². The van der Waals surface area contributed by atoms with Gasteiger partial charge in [0.1, 0.15) is 0 Å². The summed E-state index contributed by atoms with van der Waals surface area (Å²) in [5, 5.41) is 0. The van der Waals surface area contributed by atoms with Gasteiger partial charge < -0.3 is 0 Å². The third-order valence-electron chi connectivity index (χ3n) is 4.81. The van der Waals surface area contributed by atoms with E-state index in [1.54, 1.807) is 17.5 Å². The molecule has 27 heavy (non-hydrogen) atoms. The number of rotatable bonds is 3. The van der Waals surface area contributed by atoms with Crippen LogP contribution in [0.15, 0.2) is 52.2 Å². The molecule has 7 nitrogen and oxygen atoms in total. The molecule has 7 heteroatoms. The predicted octanol–water partition coefficient (Wildman–Crippen LogP) is 2.33. The van der Waals surface area contributed by atoms with Crippen molar-refractivity contribution in [3.8, 4) is 5.69 Å². The molecular weight excluding hydrogens is 342 g/mol. The summed E-state index contributed by atoms with van der Waals surface area (Å²) >= 11 is 0. The molecule has 4 rings (SSSR count). The highest BCUT2D eigenvalue weighted by Gasteiger charge is 2.20. The molecule has 0 bridgehead atoms. The third kappa shape index (κ3) is 2.46. The molecule has 3 heterocycles. The van der Waals surface area contributed by atoms with Gasteiger partial charge in [-0.3, -0.25) is 22.9 Å². The fourth-order valence-electron chi connectivity index (χ4n) is 3.47. The first kappa shape index (κ1) is 17.1. The Kier molecular flexibility index (Phi) is 3.87. The molecule has 0 saturated heterocycles. The molecule has 0 aliphatic rings. The van der Waals surface area contributed by atoms with Crippen LogP contribution in [-0.4, -0.2) is 23.1 Å². The van der Waals surface area contributed by atoms with Crippen molar-refractivity contribution in [3.63, 3.8) is 0 Å². The number of hydrogen-bond donors (Lipinski definition) is 0. The molecule has 0 aliphatic carbocycles. The van der Waals surface area contributed by atoms with Crippen molar-refractivity contribution in [2.45, 2.75) is 27.3 Å². The summed E-state index contributed by atoms with van der Waals surface area (Å²) in [5.74, 6) is 0.615. The Morgan fingerprint density at radius 1 is 1.19 bits per heavy atom. The first-order valence-corrected chi connectivity index (χ1v) is 8.82. The zero-order valence-electron chi connectivity index (χ0n) is 15.8. The van der Waals surface area contributed by atoms with Crippen LogP contribution in [0.4, 0.5) is 0 Å². The van der Waals surface area contributed by atoms with Crippen LogP contribution in [0.25, 0.3) is 22.6 Å². The van der Waals surface area contributed by atoms with Crippen molar-refractivity contribution in [2.24, 2.45) is 7.05 Å². The van der Waals surface area contributed by atoms with Crippen molar-refractivity contribution in [1.29, 1.82) is 0 Å². The lowest BCUT2D eigenvalue weighted by Crippen LogP contribution is -2.39. The van der Waals surface area contributed by atoms with Gasteiger partial charge in [0.25, 0.3) is 5.56 Å². The molecule has 0 amide bonds. The molecule has 0 N–H and O–H groups in total. The Labute approximate surface area is 155 Å². The van der Waals surface area contributed by atoms with Crippen molar-refractivity contribution in [3.05, 3.63) is 74.7 Å². The number of hydrogen-bond acceptors (Lipinski definition) is 3. The van der Waals surface area contributed by atoms with Crippen LogP contribution in [0.5, 0.6) is 0 Å². The topological polar surface area (TPSA) is 66.2 Å². The third-order valence-corrected chi connectivity index (χ3v) is 4.81. The van der Waals surface area contributed by atoms with Gasteiger partial charge in [-0.15, -0.1) is 0 Å². The summed E-state index contributed by atoms with van der Waals surface area (Å²) in [6.07, 6.45) is 5.50. The average molecular weight is 363 g/mol. The van der Waals surface area contributed by atoms with E-state index >= 15 is 0 Å². The largest absolute Gasteiger partial charge is 0.332 e. The summed E-state index contributed by atoms with van der Waals surface area (Å²) in [6, 6.07) is 8.09. The average Bonchev–Trinajstić information content (AvgIpc) is 3.14. The number of nitrogens with zero attached hydrogens (tertiary/aromatic N) is 5. The van der Waals surface area contributed by atoms with E-state index in [4.69, 9.17) is 0 Å². The van der Waals surface area contributed by atoms with E-state index in [1.165, 1.54) is 9.13 Å². The van der Waals surface area contributed by atoms with E-state index in [2.05, 4.69) is 11.1 Å². The van der Waals surface area contributed by atoms with Crippen LogP contribution in [0.1, 0.15) is 18.2 Å². The fourth-order valence-corrected chi connectivity index (χ4v) is 3.47. The van der Waals surface area contributed by atoms with Gasteiger partial charge in [-0.05, 0) is 38.5 Å². The second kappa shape index (κ2) is 6.12. The second-order valence-corrected chi connectivity index (χ2v) is 6.73. The summed E-state index contributed by atoms with van der Waals surface area (Å²) in [6.45, 7) is 6.10. The van der Waals surface area contributed by atoms with Gasteiger partial charge in [0.2, 0.25) is 5.78 Å². The lowest BCUT2D eigenvalue weighted by Gasteiger charge is -2.06. The smallest absolute Gasteiger partial charge is 0.283 e. The lowest BCUT2D eigenvalue weighted by molar-refractivity contribution is 0.666. The maximum absolute atomic E-state index is 13.0. The lowest BCUT2D eigenvalue weighted by atomic mass is 10.2. The maximum Gasteiger partial charge on any atom is 0.332 e. The zero-order chi connectivity index (χ0) is 19.3. The summed E-state index contributed by atoms with van der Waals surface area (Å²) in [5.41, 5.74) is 3.15. The van der Waals surface area contributed by atoms with Gasteiger partial charge in [-0.25, -0.2) is 4.79 Å². The standard InChI is InChI=1S/C20H21N5O2/c1-5-6-10-23-18(26)16-17(22(4)20(23)27)21-19-24(16)12-14(3)25(19)15-9-7-8-13(2)11-15/h5-9,11-12H,10H2,1-4H3/b6-5+. The summed E-state index contributed by atoms with van der Waals surface area (Å²) < 4.78 is 6.44. The summed E-state index contributed by atoms with van der Waals surface area (Å²) in [4.78, 5) is 30.3. The Hall–Kier alpha value is -3.35. The molecule has 138 valence electrons. The Morgan fingerprint density at radius 2 is 1.96 bits per heavy atom. The number of aryl methyl sites for hydroxylation is 3.